The zero-order valence-electron chi connectivity index (χ0n) is 23.6. The Balaban J connectivity index is 0.00000423. The van der Waals surface area contributed by atoms with E-state index in [-0.39, 0.29) is 83.4 Å². The van der Waals surface area contributed by atoms with Crippen LogP contribution in [0.25, 0.3) is 22.4 Å². The van der Waals surface area contributed by atoms with E-state index in [0.29, 0.717) is 0 Å². The molecule has 2 aliphatic rings. The molecular weight excluding hydrogens is 595 g/mol. The van der Waals surface area contributed by atoms with Gasteiger partial charge in [-0.1, -0.05) is 0 Å². The number of oxazole rings is 1. The number of aromatic nitrogens is 2. The largest absolute Gasteiger partial charge is 0.494 e. The Morgan fingerprint density at radius 2 is 1.91 bits per heavy atom. The van der Waals surface area contributed by atoms with Crippen molar-refractivity contribution in [2.24, 2.45) is 11.7 Å². The minimum Gasteiger partial charge on any atom is -0.494 e. The molecule has 1 aromatic carbocycles. The fourth-order valence-electron chi connectivity index (χ4n) is 5.04. The Morgan fingerprint density at radius 3 is 2.51 bits per heavy atom. The van der Waals surface area contributed by atoms with Crippen molar-refractivity contribution in [2.75, 3.05) is 20.3 Å². The van der Waals surface area contributed by atoms with Crippen LogP contribution in [0, 0.1) is 5.92 Å². The van der Waals surface area contributed by atoms with Crippen molar-refractivity contribution in [3.05, 3.63) is 41.4 Å². The third-order valence-electron chi connectivity index (χ3n) is 7.25. The molecule has 1 aliphatic carbocycles. The van der Waals surface area contributed by atoms with Gasteiger partial charge < -0.3 is 29.8 Å². The summed E-state index contributed by atoms with van der Waals surface area (Å²) in [5.74, 6) is -1.41. The van der Waals surface area contributed by atoms with Crippen LogP contribution < -0.4 is 15.8 Å². The van der Waals surface area contributed by atoms with Gasteiger partial charge in [0.2, 0.25) is 11.8 Å². The van der Waals surface area contributed by atoms with Gasteiger partial charge in [0.15, 0.2) is 11.5 Å². The fraction of sp³-hybridized carbons (Fsp3) is 0.464. The first-order valence-corrected chi connectivity index (χ1v) is 13.5. The summed E-state index contributed by atoms with van der Waals surface area (Å²) in [5.41, 5.74) is 5.05. The molecule has 11 nitrogen and oxygen atoms in total. The highest BCUT2D eigenvalue weighted by Crippen LogP contribution is 2.38. The number of methoxy groups -OCH3 is 1. The molecule has 0 bridgehead atoms. The first kappa shape index (κ1) is 32.0. The third-order valence-corrected chi connectivity index (χ3v) is 7.25. The second kappa shape index (κ2) is 12.4. The number of esters is 1. The molecule has 5 rings (SSSR count). The molecule has 2 aromatic heterocycles. The predicted molar refractivity (Wildman–Crippen MR) is 149 cm³/mol. The molecule has 2 amide bonds. The van der Waals surface area contributed by atoms with Gasteiger partial charge in [0, 0.05) is 35.9 Å². The predicted octanol–water partition coefficient (Wildman–Crippen LogP) is 4.03. The van der Waals surface area contributed by atoms with Crippen LogP contribution in [-0.4, -0.2) is 65.0 Å². The highest BCUT2D eigenvalue weighted by atomic mass is 35.5. The molecule has 2 fully saturated rings. The molecular formula is C28H31ClF3N5O6. The molecule has 0 unspecified atom stereocenters. The van der Waals surface area contributed by atoms with Crippen LogP contribution in [0.1, 0.15) is 61.1 Å². The van der Waals surface area contributed by atoms with E-state index in [2.05, 4.69) is 15.3 Å². The van der Waals surface area contributed by atoms with E-state index in [1.54, 1.807) is 13.8 Å². The number of nitrogens with two attached hydrogens (primary N) is 1. The zero-order valence-corrected chi connectivity index (χ0v) is 24.4. The maximum absolute atomic E-state index is 13.9. The number of hydrogen-bond donors (Lipinski definition) is 2. The molecule has 15 heteroatoms. The summed E-state index contributed by atoms with van der Waals surface area (Å²) >= 11 is 0. The Labute approximate surface area is 250 Å². The van der Waals surface area contributed by atoms with Gasteiger partial charge in [-0.25, -0.2) is 14.8 Å². The highest BCUT2D eigenvalue weighted by molar-refractivity contribution is 5.99. The number of rotatable bonds is 8. The lowest BCUT2D eigenvalue weighted by molar-refractivity contribution is -0.147. The number of alkyl halides is 3. The standard InChI is InChI=1S/C28H30F3N5O6.ClH/c1-4-41-27(39)18-11-15(33-24(37)14-5-6-14)12-36(18)26(38)22-23(13(2)32)42-25(35-22)17-7-9-19(40-3)21-16(17)8-10-20(34-21)28(29,30)31;/h7-10,13-15,18H,4-6,11-12,32H2,1-3H3,(H,33,37);1H/t13-,15+,18-;/m0./s1. The lowest BCUT2D eigenvalue weighted by Gasteiger charge is -2.22. The fourth-order valence-corrected chi connectivity index (χ4v) is 5.04. The number of hydrogen-bond acceptors (Lipinski definition) is 9. The van der Waals surface area contributed by atoms with Crippen LogP contribution in [-0.2, 0) is 20.5 Å². The summed E-state index contributed by atoms with van der Waals surface area (Å²) in [4.78, 5) is 48.6. The first-order chi connectivity index (χ1) is 19.9. The van der Waals surface area contributed by atoms with E-state index in [0.717, 1.165) is 18.9 Å². The Hall–Kier alpha value is -3.91. The van der Waals surface area contributed by atoms with Gasteiger partial charge in [0.1, 0.15) is 23.0 Å². The van der Waals surface area contributed by atoms with E-state index in [9.17, 15) is 27.6 Å². The van der Waals surface area contributed by atoms with Gasteiger partial charge in [-0.2, -0.15) is 13.2 Å². The number of amides is 2. The van der Waals surface area contributed by atoms with Gasteiger partial charge in [-0.05, 0) is 51.0 Å². The monoisotopic (exact) mass is 625 g/mol. The molecule has 0 radical (unpaired) electrons. The van der Waals surface area contributed by atoms with Crippen molar-refractivity contribution in [2.45, 2.75) is 57.4 Å². The van der Waals surface area contributed by atoms with Gasteiger partial charge in [-0.15, -0.1) is 12.4 Å². The number of ether oxygens (including phenoxy) is 2. The SMILES string of the molecule is CCOC(=O)[C@@H]1C[C@@H](NC(=O)C2CC2)CN1C(=O)c1nc(-c2ccc(OC)c3nc(C(F)(F)F)ccc23)oc1[C@H](C)N.Cl. The summed E-state index contributed by atoms with van der Waals surface area (Å²) in [6.07, 6.45) is -2.91. The molecule has 3 heterocycles. The number of carbonyl (C=O) groups is 3. The lowest BCUT2D eigenvalue weighted by Crippen LogP contribution is -2.43. The topological polar surface area (TPSA) is 150 Å². The number of carbonyl (C=O) groups excluding carboxylic acids is 3. The van der Waals surface area contributed by atoms with Crippen molar-refractivity contribution in [1.29, 1.82) is 0 Å². The minimum atomic E-state index is -4.68. The third kappa shape index (κ3) is 6.39. The summed E-state index contributed by atoms with van der Waals surface area (Å²) in [7, 11) is 1.31. The maximum Gasteiger partial charge on any atom is 0.433 e. The summed E-state index contributed by atoms with van der Waals surface area (Å²) in [6, 6.07) is 2.75. The van der Waals surface area contributed by atoms with Crippen LogP contribution in [0.2, 0.25) is 0 Å². The molecule has 43 heavy (non-hydrogen) atoms. The quantitative estimate of drug-likeness (QED) is 0.354. The van der Waals surface area contributed by atoms with E-state index in [1.807, 2.05) is 0 Å². The van der Waals surface area contributed by atoms with Crippen molar-refractivity contribution in [3.8, 4) is 17.2 Å². The van der Waals surface area contributed by atoms with E-state index < -0.39 is 41.9 Å². The van der Waals surface area contributed by atoms with Crippen LogP contribution >= 0.6 is 12.4 Å². The average molecular weight is 626 g/mol. The van der Waals surface area contributed by atoms with Crippen LogP contribution in [0.15, 0.2) is 28.7 Å². The van der Waals surface area contributed by atoms with Gasteiger partial charge in [0.25, 0.3) is 5.91 Å². The zero-order chi connectivity index (χ0) is 30.3. The average Bonchev–Trinajstić information content (AvgIpc) is 3.57. The molecule has 1 saturated carbocycles. The normalized spacial score (nSPS) is 19.1. The summed E-state index contributed by atoms with van der Waals surface area (Å²) in [5, 5.41) is 3.15. The van der Waals surface area contributed by atoms with E-state index in [1.165, 1.54) is 30.2 Å². The van der Waals surface area contributed by atoms with Crippen molar-refractivity contribution >= 4 is 41.1 Å². The van der Waals surface area contributed by atoms with E-state index >= 15 is 0 Å². The van der Waals surface area contributed by atoms with Gasteiger partial charge in [-0.3, -0.25) is 9.59 Å². The second-order valence-corrected chi connectivity index (χ2v) is 10.4. The van der Waals surface area contributed by atoms with Crippen LogP contribution in [0.5, 0.6) is 5.75 Å². The lowest BCUT2D eigenvalue weighted by atomic mass is 10.1. The number of pyridine rings is 1. The first-order valence-electron chi connectivity index (χ1n) is 13.5. The van der Waals surface area contributed by atoms with Gasteiger partial charge >= 0.3 is 12.1 Å². The summed E-state index contributed by atoms with van der Waals surface area (Å²) in [6.45, 7) is 3.37. The molecule has 3 aromatic rings. The molecule has 1 saturated heterocycles. The number of halogens is 4. The smallest absolute Gasteiger partial charge is 0.433 e. The number of benzene rings is 1. The molecule has 3 N–H and O–H groups in total. The number of likely N-dealkylation sites (tertiary alicyclic amines) is 1. The summed E-state index contributed by atoms with van der Waals surface area (Å²) < 4.78 is 56.5. The second-order valence-electron chi connectivity index (χ2n) is 10.4. The Kier molecular flexibility index (Phi) is 9.21. The molecule has 3 atom stereocenters. The molecule has 1 aliphatic heterocycles. The van der Waals surface area contributed by atoms with Crippen LogP contribution in [0.4, 0.5) is 13.2 Å². The van der Waals surface area contributed by atoms with Gasteiger partial charge in [0.05, 0.1) is 19.8 Å². The van der Waals surface area contributed by atoms with Crippen molar-refractivity contribution in [1.82, 2.24) is 20.2 Å². The Morgan fingerprint density at radius 1 is 1.19 bits per heavy atom. The van der Waals surface area contributed by atoms with Crippen LogP contribution in [0.3, 0.4) is 0 Å². The highest BCUT2D eigenvalue weighted by Gasteiger charge is 2.44. The van der Waals surface area contributed by atoms with E-state index in [4.69, 9.17) is 19.6 Å². The number of fused-ring (bicyclic) bond motifs is 1. The van der Waals surface area contributed by atoms with Crippen molar-refractivity contribution < 1.29 is 41.4 Å². The minimum absolute atomic E-state index is 0. The maximum atomic E-state index is 13.9. The molecule has 232 valence electrons. The number of nitrogens with zero attached hydrogens (tertiary/aromatic N) is 3. The Bertz CT molecular complexity index is 1540. The van der Waals surface area contributed by atoms with Crippen molar-refractivity contribution in [3.63, 3.8) is 0 Å². The molecule has 0 spiro atoms. The number of nitrogens with one attached hydrogen (secondary N) is 1.